The van der Waals surface area contributed by atoms with Gasteiger partial charge in [-0.05, 0) is 19.8 Å². The first-order valence-electron chi connectivity index (χ1n) is 12.1. The van der Waals surface area contributed by atoms with E-state index < -0.39 is 0 Å². The van der Waals surface area contributed by atoms with Crippen molar-refractivity contribution in [3.8, 4) is 0 Å². The highest BCUT2D eigenvalue weighted by Gasteiger charge is 2.17. The molecule has 1 N–H and O–H groups in total. The standard InChI is InChI=1S/C24H43N3O3/c1-4-6-8-9-10-11-12-13-14-15-16-17-24(29)27(18-7-5-2)20-23(28)25-22-19-21(3)30-26-22/h19H,4-18,20H2,1-3H3,(H,25,26,28). The van der Waals surface area contributed by atoms with Gasteiger partial charge in [0.15, 0.2) is 5.82 Å². The van der Waals surface area contributed by atoms with Crippen LogP contribution in [0.5, 0.6) is 0 Å². The molecule has 0 spiro atoms. The smallest absolute Gasteiger partial charge is 0.245 e. The third-order valence-electron chi connectivity index (χ3n) is 5.36. The normalized spacial score (nSPS) is 10.9. The molecular weight excluding hydrogens is 378 g/mol. The van der Waals surface area contributed by atoms with Crippen LogP contribution >= 0.6 is 0 Å². The maximum atomic E-state index is 12.6. The summed E-state index contributed by atoms with van der Waals surface area (Å²) >= 11 is 0. The van der Waals surface area contributed by atoms with Gasteiger partial charge in [0.2, 0.25) is 11.8 Å². The van der Waals surface area contributed by atoms with Crippen LogP contribution in [0.4, 0.5) is 5.82 Å². The van der Waals surface area contributed by atoms with Crippen molar-refractivity contribution in [3.05, 3.63) is 11.8 Å². The van der Waals surface area contributed by atoms with Gasteiger partial charge in [0, 0.05) is 19.0 Å². The predicted octanol–water partition coefficient (Wildman–Crippen LogP) is 6.25. The SMILES string of the molecule is CCCCCCCCCCCCCC(=O)N(CCCC)CC(=O)Nc1cc(C)on1. The second-order valence-electron chi connectivity index (χ2n) is 8.33. The van der Waals surface area contributed by atoms with Crippen molar-refractivity contribution in [2.24, 2.45) is 0 Å². The minimum Gasteiger partial charge on any atom is -0.360 e. The lowest BCUT2D eigenvalue weighted by molar-refractivity contribution is -0.134. The lowest BCUT2D eigenvalue weighted by Gasteiger charge is -2.22. The number of aromatic nitrogens is 1. The van der Waals surface area contributed by atoms with E-state index in [-0.39, 0.29) is 18.4 Å². The molecule has 0 aliphatic rings. The quantitative estimate of drug-likeness (QED) is 0.284. The average Bonchev–Trinajstić information content (AvgIpc) is 3.13. The Hall–Kier alpha value is -1.85. The molecule has 0 atom stereocenters. The first-order chi connectivity index (χ1) is 14.6. The van der Waals surface area contributed by atoms with Crippen molar-refractivity contribution < 1.29 is 14.1 Å². The van der Waals surface area contributed by atoms with E-state index in [1.54, 1.807) is 17.9 Å². The fourth-order valence-electron chi connectivity index (χ4n) is 3.52. The van der Waals surface area contributed by atoms with Crippen LogP contribution in [0, 0.1) is 6.92 Å². The average molecular weight is 422 g/mol. The van der Waals surface area contributed by atoms with Crippen molar-refractivity contribution >= 4 is 17.6 Å². The first kappa shape index (κ1) is 26.2. The Balaban J connectivity index is 2.20. The summed E-state index contributed by atoms with van der Waals surface area (Å²) in [5, 5.41) is 6.47. The number of hydrogen-bond acceptors (Lipinski definition) is 4. The highest BCUT2D eigenvalue weighted by Crippen LogP contribution is 2.13. The zero-order chi connectivity index (χ0) is 22.0. The van der Waals surface area contributed by atoms with Gasteiger partial charge in [-0.25, -0.2) is 0 Å². The van der Waals surface area contributed by atoms with Crippen molar-refractivity contribution in [1.82, 2.24) is 10.1 Å². The summed E-state index contributed by atoms with van der Waals surface area (Å²) in [4.78, 5) is 26.6. The number of nitrogens with zero attached hydrogens (tertiary/aromatic N) is 2. The third kappa shape index (κ3) is 12.7. The highest BCUT2D eigenvalue weighted by atomic mass is 16.5. The summed E-state index contributed by atoms with van der Waals surface area (Å²) in [5.41, 5.74) is 0. The molecule has 1 rings (SSSR count). The zero-order valence-corrected chi connectivity index (χ0v) is 19.5. The van der Waals surface area contributed by atoms with E-state index in [2.05, 4.69) is 24.3 Å². The molecule has 0 fully saturated rings. The molecule has 6 nitrogen and oxygen atoms in total. The van der Waals surface area contributed by atoms with Crippen molar-refractivity contribution in [1.29, 1.82) is 0 Å². The van der Waals surface area contributed by atoms with Gasteiger partial charge in [0.25, 0.3) is 0 Å². The van der Waals surface area contributed by atoms with E-state index in [1.807, 2.05) is 0 Å². The molecule has 0 aliphatic heterocycles. The maximum Gasteiger partial charge on any atom is 0.245 e. The molecule has 0 radical (unpaired) electrons. The largest absolute Gasteiger partial charge is 0.360 e. The first-order valence-corrected chi connectivity index (χ1v) is 12.1. The molecule has 0 bridgehead atoms. The molecule has 2 amide bonds. The second kappa shape index (κ2) is 16.9. The Labute approximate surface area is 183 Å². The molecule has 0 aliphatic carbocycles. The summed E-state index contributed by atoms with van der Waals surface area (Å²) < 4.78 is 4.96. The number of anilines is 1. The van der Waals surface area contributed by atoms with Crippen LogP contribution in [0.25, 0.3) is 0 Å². The number of amides is 2. The second-order valence-corrected chi connectivity index (χ2v) is 8.33. The molecule has 1 aromatic heterocycles. The number of nitrogens with one attached hydrogen (secondary N) is 1. The molecule has 30 heavy (non-hydrogen) atoms. The minimum atomic E-state index is -0.230. The van der Waals surface area contributed by atoms with Gasteiger partial charge in [-0.3, -0.25) is 9.59 Å². The Morgan fingerprint density at radius 1 is 0.900 bits per heavy atom. The molecule has 0 aromatic carbocycles. The Bertz CT molecular complexity index is 586. The van der Waals surface area contributed by atoms with E-state index in [1.165, 1.54) is 57.8 Å². The van der Waals surface area contributed by atoms with Crippen molar-refractivity contribution in [3.63, 3.8) is 0 Å². The van der Waals surface area contributed by atoms with Crippen LogP contribution in [0.1, 0.15) is 109 Å². The van der Waals surface area contributed by atoms with Gasteiger partial charge in [0.05, 0.1) is 6.54 Å². The van der Waals surface area contributed by atoms with E-state index in [0.717, 1.165) is 25.7 Å². The van der Waals surface area contributed by atoms with Crippen LogP contribution < -0.4 is 5.32 Å². The van der Waals surface area contributed by atoms with Crippen LogP contribution in [-0.4, -0.2) is 35.0 Å². The predicted molar refractivity (Wildman–Crippen MR) is 122 cm³/mol. The molecule has 1 aromatic rings. The number of carbonyl (C=O) groups excluding carboxylic acids is 2. The van der Waals surface area contributed by atoms with Crippen LogP contribution in [-0.2, 0) is 9.59 Å². The van der Waals surface area contributed by atoms with Crippen molar-refractivity contribution in [2.45, 2.75) is 111 Å². The topological polar surface area (TPSA) is 75.4 Å². The van der Waals surface area contributed by atoms with Gasteiger partial charge >= 0.3 is 0 Å². The van der Waals surface area contributed by atoms with Gasteiger partial charge in [-0.2, -0.15) is 0 Å². The Morgan fingerprint density at radius 3 is 2.00 bits per heavy atom. The maximum absolute atomic E-state index is 12.6. The molecular formula is C24H43N3O3. The van der Waals surface area contributed by atoms with Crippen LogP contribution in [0.15, 0.2) is 10.6 Å². The fourth-order valence-corrected chi connectivity index (χ4v) is 3.52. The van der Waals surface area contributed by atoms with E-state index in [4.69, 9.17) is 4.52 Å². The Morgan fingerprint density at radius 2 is 1.47 bits per heavy atom. The highest BCUT2D eigenvalue weighted by molar-refractivity contribution is 5.93. The minimum absolute atomic E-state index is 0.0722. The molecule has 6 heteroatoms. The lowest BCUT2D eigenvalue weighted by atomic mass is 10.1. The number of hydrogen-bond donors (Lipinski definition) is 1. The molecule has 0 unspecified atom stereocenters. The molecule has 0 saturated carbocycles. The number of aryl methyl sites for hydroxylation is 1. The monoisotopic (exact) mass is 421 g/mol. The van der Waals surface area contributed by atoms with Crippen molar-refractivity contribution in [2.75, 3.05) is 18.4 Å². The summed E-state index contributed by atoms with van der Waals surface area (Å²) in [6.45, 7) is 6.81. The molecule has 172 valence electrons. The lowest BCUT2D eigenvalue weighted by Crippen LogP contribution is -2.38. The fraction of sp³-hybridized carbons (Fsp3) is 0.792. The molecule has 1 heterocycles. The summed E-state index contributed by atoms with van der Waals surface area (Å²) in [5.74, 6) is 0.879. The Kier molecular flexibility index (Phi) is 14.7. The summed E-state index contributed by atoms with van der Waals surface area (Å²) in [7, 11) is 0. The van der Waals surface area contributed by atoms with Crippen LogP contribution in [0.3, 0.4) is 0 Å². The summed E-state index contributed by atoms with van der Waals surface area (Å²) in [6, 6.07) is 1.67. The third-order valence-corrected chi connectivity index (χ3v) is 5.36. The van der Waals surface area contributed by atoms with E-state index >= 15 is 0 Å². The van der Waals surface area contributed by atoms with Gasteiger partial charge < -0.3 is 14.7 Å². The zero-order valence-electron chi connectivity index (χ0n) is 19.5. The summed E-state index contributed by atoms with van der Waals surface area (Å²) in [6.07, 6.45) is 16.3. The number of carbonyl (C=O) groups is 2. The molecule has 0 saturated heterocycles. The van der Waals surface area contributed by atoms with Gasteiger partial charge in [-0.15, -0.1) is 0 Å². The number of unbranched alkanes of at least 4 members (excludes halogenated alkanes) is 11. The van der Waals surface area contributed by atoms with E-state index in [9.17, 15) is 9.59 Å². The van der Waals surface area contributed by atoms with E-state index in [0.29, 0.717) is 24.5 Å². The van der Waals surface area contributed by atoms with Crippen LogP contribution in [0.2, 0.25) is 0 Å². The van der Waals surface area contributed by atoms with Gasteiger partial charge in [0.1, 0.15) is 5.76 Å². The van der Waals surface area contributed by atoms with Gasteiger partial charge in [-0.1, -0.05) is 89.6 Å². The number of rotatable bonds is 18.